The zero-order chi connectivity index (χ0) is 10.1. The van der Waals surface area contributed by atoms with E-state index < -0.39 is 5.97 Å². The van der Waals surface area contributed by atoms with Crippen molar-refractivity contribution in [2.24, 2.45) is 0 Å². The van der Waals surface area contributed by atoms with Gasteiger partial charge in [0, 0.05) is 10.8 Å². The van der Waals surface area contributed by atoms with Gasteiger partial charge in [0.1, 0.15) is 5.69 Å². The monoisotopic (exact) mass is 207 g/mol. The van der Waals surface area contributed by atoms with Crippen molar-refractivity contribution in [1.29, 1.82) is 0 Å². The lowest BCUT2D eigenvalue weighted by Gasteiger charge is -2.05. The van der Waals surface area contributed by atoms with E-state index in [1.807, 2.05) is 0 Å². The first-order valence-electron chi connectivity index (χ1n) is 3.82. The fourth-order valence-electron chi connectivity index (χ4n) is 1.22. The van der Waals surface area contributed by atoms with E-state index in [2.05, 4.69) is 10.2 Å². The molecule has 1 aromatic carbocycles. The highest BCUT2D eigenvalue weighted by Gasteiger charge is 2.07. The van der Waals surface area contributed by atoms with Gasteiger partial charge < -0.3 is 9.90 Å². The molecule has 1 aromatic heterocycles. The van der Waals surface area contributed by atoms with Gasteiger partial charge in [0.15, 0.2) is 5.15 Å². The molecule has 0 saturated carbocycles. The van der Waals surface area contributed by atoms with Crippen LogP contribution in [-0.4, -0.2) is 16.2 Å². The predicted octanol–water partition coefficient (Wildman–Crippen LogP) is 0.647. The van der Waals surface area contributed by atoms with Crippen LogP contribution in [0.1, 0.15) is 10.5 Å². The molecule has 2 rings (SSSR count). The highest BCUT2D eigenvalue weighted by atomic mass is 35.5. The van der Waals surface area contributed by atoms with E-state index in [-0.39, 0.29) is 10.8 Å². The molecule has 0 fully saturated rings. The van der Waals surface area contributed by atoms with Gasteiger partial charge in [-0.1, -0.05) is 35.9 Å². The summed E-state index contributed by atoms with van der Waals surface area (Å²) in [4.78, 5) is 10.7. The Hall–Kier alpha value is -1.68. The molecule has 0 atom stereocenters. The van der Waals surface area contributed by atoms with Crippen molar-refractivity contribution in [2.45, 2.75) is 0 Å². The van der Waals surface area contributed by atoms with Gasteiger partial charge in [-0.05, 0) is 0 Å². The Morgan fingerprint density at radius 2 is 1.86 bits per heavy atom. The minimum absolute atomic E-state index is 0.186. The van der Waals surface area contributed by atoms with E-state index >= 15 is 0 Å². The number of carbonyl (C=O) groups is 1. The maximum Gasteiger partial charge on any atom is 0.159 e. The average Bonchev–Trinajstić information content (AvgIpc) is 2.18. The number of hydrogen-bond acceptors (Lipinski definition) is 4. The third-order valence-electron chi connectivity index (χ3n) is 1.84. The zero-order valence-electron chi connectivity index (χ0n) is 6.90. The average molecular weight is 208 g/mol. The molecule has 0 saturated heterocycles. The van der Waals surface area contributed by atoms with E-state index in [0.717, 1.165) is 0 Å². The molecule has 5 heteroatoms. The molecule has 0 aliphatic carbocycles. The molecule has 1 heterocycles. The van der Waals surface area contributed by atoms with Gasteiger partial charge in [-0.3, -0.25) is 0 Å². The van der Waals surface area contributed by atoms with Gasteiger partial charge in [0.2, 0.25) is 0 Å². The number of carboxylic acid groups (broad SMARTS) is 1. The molecule has 2 aromatic rings. The second-order valence-electron chi connectivity index (χ2n) is 2.67. The second-order valence-corrected chi connectivity index (χ2v) is 3.03. The third-order valence-corrected chi connectivity index (χ3v) is 2.11. The lowest BCUT2D eigenvalue weighted by Crippen LogP contribution is -2.24. The largest absolute Gasteiger partial charge is 0.543 e. The van der Waals surface area contributed by atoms with Crippen molar-refractivity contribution in [3.05, 3.63) is 35.1 Å². The molecule has 0 N–H and O–H groups in total. The fraction of sp³-hybridized carbons (Fsp3) is 0. The Balaban J connectivity index is 2.88. The Bertz CT molecular complexity index is 513. The van der Waals surface area contributed by atoms with E-state index in [1.54, 1.807) is 24.3 Å². The summed E-state index contributed by atoms with van der Waals surface area (Å²) in [7, 11) is 0. The van der Waals surface area contributed by atoms with Gasteiger partial charge in [-0.25, -0.2) is 0 Å². The number of rotatable bonds is 1. The van der Waals surface area contributed by atoms with Crippen LogP contribution < -0.4 is 5.11 Å². The van der Waals surface area contributed by atoms with Gasteiger partial charge >= 0.3 is 0 Å². The number of fused-ring (bicyclic) bond motifs is 1. The van der Waals surface area contributed by atoms with Crippen LogP contribution in [0.2, 0.25) is 5.15 Å². The number of hydrogen-bond donors (Lipinski definition) is 0. The normalized spacial score (nSPS) is 10.4. The van der Waals surface area contributed by atoms with Crippen molar-refractivity contribution in [1.82, 2.24) is 10.2 Å². The number of aromatic nitrogens is 2. The maximum absolute atomic E-state index is 10.7. The standard InChI is InChI=1S/C9H5ClN2O2/c10-8-6-4-2-1-3-5(6)7(9(13)14)11-12-8/h1-4H,(H,13,14)/p-1. The van der Waals surface area contributed by atoms with Crippen molar-refractivity contribution < 1.29 is 9.90 Å². The highest BCUT2D eigenvalue weighted by Crippen LogP contribution is 2.21. The van der Waals surface area contributed by atoms with Crippen LogP contribution >= 0.6 is 11.6 Å². The summed E-state index contributed by atoms with van der Waals surface area (Å²) in [5.41, 5.74) is -0.190. The molecule has 4 nitrogen and oxygen atoms in total. The molecule has 0 amide bonds. The van der Waals surface area contributed by atoms with Gasteiger partial charge in [0.05, 0.1) is 5.97 Å². The Kier molecular flexibility index (Phi) is 2.05. The summed E-state index contributed by atoms with van der Waals surface area (Å²) in [6.07, 6.45) is 0. The summed E-state index contributed by atoms with van der Waals surface area (Å²) >= 11 is 5.75. The first-order valence-corrected chi connectivity index (χ1v) is 4.20. The maximum atomic E-state index is 10.7. The van der Waals surface area contributed by atoms with Gasteiger partial charge in [-0.2, -0.15) is 0 Å². The van der Waals surface area contributed by atoms with Crippen molar-refractivity contribution in [2.75, 3.05) is 0 Å². The SMILES string of the molecule is O=C([O-])c1nnc(Cl)c2ccccc12. The number of aromatic carboxylic acids is 1. The Morgan fingerprint density at radius 1 is 1.21 bits per heavy atom. The van der Waals surface area contributed by atoms with Crippen LogP contribution in [0.5, 0.6) is 0 Å². The smallest absolute Gasteiger partial charge is 0.159 e. The molecule has 0 aliphatic rings. The van der Waals surface area contributed by atoms with E-state index in [4.69, 9.17) is 11.6 Å². The van der Waals surface area contributed by atoms with Gasteiger partial charge in [0.25, 0.3) is 0 Å². The number of halogens is 1. The van der Waals surface area contributed by atoms with Crippen molar-refractivity contribution in [3.63, 3.8) is 0 Å². The summed E-state index contributed by atoms with van der Waals surface area (Å²) < 4.78 is 0. The summed E-state index contributed by atoms with van der Waals surface area (Å²) in [6, 6.07) is 6.74. The van der Waals surface area contributed by atoms with Crippen LogP contribution in [0, 0.1) is 0 Å². The predicted molar refractivity (Wildman–Crippen MR) is 48.9 cm³/mol. The minimum Gasteiger partial charge on any atom is -0.543 e. The highest BCUT2D eigenvalue weighted by molar-refractivity contribution is 6.34. The topological polar surface area (TPSA) is 65.9 Å². The van der Waals surface area contributed by atoms with E-state index in [1.165, 1.54) is 0 Å². The van der Waals surface area contributed by atoms with Crippen molar-refractivity contribution in [3.8, 4) is 0 Å². The number of nitrogens with zero attached hydrogens (tertiary/aromatic N) is 2. The number of benzene rings is 1. The summed E-state index contributed by atoms with van der Waals surface area (Å²) in [5, 5.41) is 18.8. The molecule has 0 aliphatic heterocycles. The molecule has 0 spiro atoms. The third kappa shape index (κ3) is 1.29. The summed E-state index contributed by atoms with van der Waals surface area (Å²) in [6.45, 7) is 0. The molecule has 0 radical (unpaired) electrons. The lowest BCUT2D eigenvalue weighted by molar-refractivity contribution is -0.255. The fourth-order valence-corrected chi connectivity index (χ4v) is 1.42. The van der Waals surface area contributed by atoms with E-state index in [0.29, 0.717) is 10.8 Å². The Labute approximate surface area is 84.1 Å². The first kappa shape index (κ1) is 8.90. The molecule has 14 heavy (non-hydrogen) atoms. The number of carbonyl (C=O) groups excluding carboxylic acids is 1. The molecule has 0 bridgehead atoms. The zero-order valence-corrected chi connectivity index (χ0v) is 7.65. The molecular formula is C9H4ClN2O2-. The number of carboxylic acids is 1. The molecule has 70 valence electrons. The van der Waals surface area contributed by atoms with Crippen molar-refractivity contribution >= 4 is 28.3 Å². The molecular weight excluding hydrogens is 204 g/mol. The van der Waals surface area contributed by atoms with Crippen LogP contribution in [0.3, 0.4) is 0 Å². The van der Waals surface area contributed by atoms with Crippen LogP contribution in [-0.2, 0) is 0 Å². The quantitative estimate of drug-likeness (QED) is 0.689. The van der Waals surface area contributed by atoms with Crippen LogP contribution in [0.15, 0.2) is 24.3 Å². The second kappa shape index (κ2) is 3.23. The van der Waals surface area contributed by atoms with Gasteiger partial charge in [-0.15, -0.1) is 10.2 Å². The Morgan fingerprint density at radius 3 is 2.50 bits per heavy atom. The molecule has 0 unspecified atom stereocenters. The lowest BCUT2D eigenvalue weighted by atomic mass is 10.1. The van der Waals surface area contributed by atoms with E-state index in [9.17, 15) is 9.90 Å². The first-order chi connectivity index (χ1) is 6.70. The van der Waals surface area contributed by atoms with Crippen LogP contribution in [0.4, 0.5) is 0 Å². The van der Waals surface area contributed by atoms with Crippen LogP contribution in [0.25, 0.3) is 10.8 Å². The minimum atomic E-state index is -1.36. The summed E-state index contributed by atoms with van der Waals surface area (Å²) in [5.74, 6) is -1.36.